The van der Waals surface area contributed by atoms with Crippen molar-refractivity contribution in [2.45, 2.75) is 18.3 Å². The Morgan fingerprint density at radius 2 is 1.93 bits per heavy atom. The lowest BCUT2D eigenvalue weighted by Crippen LogP contribution is -2.43. The number of hydrogen-bond acceptors (Lipinski definition) is 11. The van der Waals surface area contributed by atoms with Gasteiger partial charge in [-0.2, -0.15) is 5.26 Å². The lowest BCUT2D eigenvalue weighted by Gasteiger charge is -2.29. The molecule has 2 aromatic heterocycles. The van der Waals surface area contributed by atoms with Crippen LogP contribution in [0.4, 0.5) is 5.95 Å². The third-order valence-corrected chi connectivity index (χ3v) is 10.1. The molecule has 0 saturated carbocycles. The lowest BCUT2D eigenvalue weighted by atomic mass is 10.1. The van der Waals surface area contributed by atoms with Gasteiger partial charge in [-0.1, -0.05) is 33.2 Å². The Morgan fingerprint density at radius 1 is 1.19 bits per heavy atom. The van der Waals surface area contributed by atoms with Gasteiger partial charge < -0.3 is 19.7 Å². The van der Waals surface area contributed by atoms with Gasteiger partial charge in [0.1, 0.15) is 22.4 Å². The van der Waals surface area contributed by atoms with Crippen LogP contribution in [-0.4, -0.2) is 70.1 Å². The zero-order chi connectivity index (χ0) is 30.4. The molecule has 218 valence electrons. The standard InChI is InChI=1S/C27H25IN6O6S2/c1-17(25(36)19-12-10-18(16-29)11-13-19)42(37,38)33(14-15-41-28)27-32-31-26(20-6-4-9-23(30-20)40-3)34(27)24-21(35)7-5-8-22(24)39-2/h5,7-13,17,25,35-36H,14-15H2,1-3H3/t17-,25+/m0/s1. The number of phenolic OH excluding ortho intramolecular Hbond substituents is 1. The number of phenols is 1. The quantitative estimate of drug-likeness (QED) is 0.204. The van der Waals surface area contributed by atoms with Crippen molar-refractivity contribution in [1.82, 2.24) is 19.7 Å². The van der Waals surface area contributed by atoms with E-state index in [9.17, 15) is 18.6 Å². The third kappa shape index (κ3) is 6.19. The van der Waals surface area contributed by atoms with Crippen molar-refractivity contribution >= 4 is 46.1 Å². The van der Waals surface area contributed by atoms with E-state index in [2.05, 4.69) is 48.5 Å². The number of aromatic nitrogens is 4. The first-order valence-electron chi connectivity index (χ1n) is 12.3. The molecule has 0 saturated heterocycles. The molecule has 2 heterocycles. The van der Waals surface area contributed by atoms with E-state index < -0.39 is 21.4 Å². The van der Waals surface area contributed by atoms with Crippen LogP contribution < -0.4 is 13.8 Å². The highest BCUT2D eigenvalue weighted by Crippen LogP contribution is 2.39. The van der Waals surface area contributed by atoms with E-state index in [0.29, 0.717) is 16.9 Å². The normalized spacial score (nSPS) is 12.6. The highest BCUT2D eigenvalue weighted by Gasteiger charge is 2.38. The maximum absolute atomic E-state index is 14.2. The van der Waals surface area contributed by atoms with Gasteiger partial charge in [0, 0.05) is 12.3 Å². The van der Waals surface area contributed by atoms with E-state index >= 15 is 0 Å². The van der Waals surface area contributed by atoms with Gasteiger partial charge in [-0.3, -0.25) is 4.57 Å². The van der Waals surface area contributed by atoms with Crippen molar-refractivity contribution < 1.29 is 28.1 Å². The van der Waals surface area contributed by atoms with Crippen LogP contribution in [0, 0.1) is 23.5 Å². The van der Waals surface area contributed by atoms with Crippen LogP contribution in [0.5, 0.6) is 17.4 Å². The molecule has 2 N–H and O–H groups in total. The molecule has 0 radical (unpaired) electrons. The summed E-state index contributed by atoms with van der Waals surface area (Å²) in [4.78, 5) is 4.36. The van der Waals surface area contributed by atoms with Gasteiger partial charge in [0.15, 0.2) is 11.5 Å². The average Bonchev–Trinajstić information content (AvgIpc) is 3.44. The molecule has 2 atom stereocenters. The molecule has 0 spiro atoms. The molecule has 0 unspecified atom stereocenters. The SMILES string of the molecule is COc1cc#cc(-c2nnc(N(CCSI)S(=O)(=O)[C@@H](C)[C@@H](O)c3ccc(C#N)cc3)n2-c2c(O)cccc2OC)n1. The van der Waals surface area contributed by atoms with Crippen LogP contribution in [0.1, 0.15) is 24.2 Å². The molecule has 0 fully saturated rings. The number of halogens is 1. The van der Waals surface area contributed by atoms with Crippen molar-refractivity contribution in [2.75, 3.05) is 30.8 Å². The molecule has 0 amide bonds. The number of aliphatic hydroxyl groups is 1. The van der Waals surface area contributed by atoms with Crippen LogP contribution >= 0.6 is 30.1 Å². The minimum Gasteiger partial charge on any atom is -0.506 e. The Labute approximate surface area is 259 Å². The van der Waals surface area contributed by atoms with Crippen LogP contribution in [0.15, 0.2) is 48.5 Å². The van der Waals surface area contributed by atoms with Gasteiger partial charge in [0.2, 0.25) is 21.9 Å². The number of rotatable bonds is 12. The van der Waals surface area contributed by atoms with Crippen molar-refractivity contribution in [2.24, 2.45) is 0 Å². The molecular weight excluding hydrogens is 695 g/mol. The molecule has 0 aliphatic carbocycles. The monoisotopic (exact) mass is 720 g/mol. The molecule has 0 aliphatic rings. The van der Waals surface area contributed by atoms with Crippen LogP contribution in [-0.2, 0) is 10.0 Å². The zero-order valence-corrected chi connectivity index (χ0v) is 26.4. The average molecular weight is 721 g/mol. The number of benzene rings is 2. The second-order valence-electron chi connectivity index (χ2n) is 8.72. The number of para-hydroxylation sites is 1. The largest absolute Gasteiger partial charge is 0.506 e. The fourth-order valence-corrected chi connectivity index (χ4v) is 6.63. The summed E-state index contributed by atoms with van der Waals surface area (Å²) in [5.41, 5.74) is 0.878. The number of hydrogen-bond donors (Lipinski definition) is 2. The maximum Gasteiger partial charge on any atom is 0.246 e. The molecule has 0 bridgehead atoms. The molecule has 42 heavy (non-hydrogen) atoms. The summed E-state index contributed by atoms with van der Waals surface area (Å²) in [5.74, 6) is 0.380. The van der Waals surface area contributed by atoms with E-state index in [1.54, 1.807) is 12.1 Å². The minimum atomic E-state index is -4.34. The summed E-state index contributed by atoms with van der Waals surface area (Å²) in [6.45, 7) is 1.34. The van der Waals surface area contributed by atoms with Crippen molar-refractivity contribution in [3.05, 3.63) is 71.8 Å². The smallest absolute Gasteiger partial charge is 0.246 e. The van der Waals surface area contributed by atoms with E-state index in [4.69, 9.17) is 14.7 Å². The maximum atomic E-state index is 14.2. The summed E-state index contributed by atoms with van der Waals surface area (Å²) in [6.07, 6.45) is -1.43. The van der Waals surface area contributed by atoms with Gasteiger partial charge in [0.05, 0.1) is 38.0 Å². The molecule has 2 aromatic carbocycles. The first kappa shape index (κ1) is 31.2. The second-order valence-corrected chi connectivity index (χ2v) is 13.4. The summed E-state index contributed by atoms with van der Waals surface area (Å²) in [7, 11) is -0.125. The molecule has 12 nitrogen and oxygen atoms in total. The summed E-state index contributed by atoms with van der Waals surface area (Å²) < 4.78 is 41.5. The third-order valence-electron chi connectivity index (χ3n) is 6.29. The Balaban J connectivity index is 1.93. The Bertz CT molecular complexity index is 1690. The van der Waals surface area contributed by atoms with E-state index in [0.717, 1.165) is 4.31 Å². The summed E-state index contributed by atoms with van der Waals surface area (Å²) in [6, 6.07) is 19.7. The van der Waals surface area contributed by atoms with Gasteiger partial charge in [-0.15, -0.1) is 10.2 Å². The second kappa shape index (κ2) is 13.5. The predicted octanol–water partition coefficient (Wildman–Crippen LogP) is 3.87. The van der Waals surface area contributed by atoms with Crippen LogP contribution in [0.25, 0.3) is 17.2 Å². The molecule has 15 heteroatoms. The number of ether oxygens (including phenoxy) is 2. The Kier molecular flexibility index (Phi) is 10.00. The fraction of sp³-hybridized carbons (Fsp3) is 0.259. The Morgan fingerprint density at radius 3 is 2.57 bits per heavy atom. The first-order valence-corrected chi connectivity index (χ1v) is 17.3. The van der Waals surface area contributed by atoms with Crippen molar-refractivity contribution in [1.29, 1.82) is 5.26 Å². The van der Waals surface area contributed by atoms with E-state index in [1.165, 1.54) is 71.0 Å². The van der Waals surface area contributed by atoms with Gasteiger partial charge in [-0.05, 0) is 64.0 Å². The zero-order valence-electron chi connectivity index (χ0n) is 22.6. The first-order chi connectivity index (χ1) is 20.2. The fourth-order valence-electron chi connectivity index (χ4n) is 4.09. The van der Waals surface area contributed by atoms with Crippen molar-refractivity contribution in [3.8, 4) is 40.7 Å². The number of anilines is 1. The number of aromatic hydroxyl groups is 1. The summed E-state index contributed by atoms with van der Waals surface area (Å²) in [5, 5.41) is 38.4. The minimum absolute atomic E-state index is 0.0302. The number of methoxy groups -OCH3 is 2. The number of nitrogens with zero attached hydrogens (tertiary/aromatic N) is 6. The van der Waals surface area contributed by atoms with E-state index in [-0.39, 0.29) is 47.1 Å². The molecular formula is C27H25IN6O6S2. The van der Waals surface area contributed by atoms with Gasteiger partial charge in [0.25, 0.3) is 0 Å². The van der Waals surface area contributed by atoms with Crippen LogP contribution in [0.3, 0.4) is 0 Å². The predicted molar refractivity (Wildman–Crippen MR) is 165 cm³/mol. The van der Waals surface area contributed by atoms with Gasteiger partial charge in [-0.25, -0.2) is 17.7 Å². The number of sulfonamides is 1. The molecule has 4 aromatic rings. The van der Waals surface area contributed by atoms with Gasteiger partial charge >= 0.3 is 0 Å². The topological polar surface area (TPSA) is 164 Å². The highest BCUT2D eigenvalue weighted by molar-refractivity contribution is 14.2. The number of aliphatic hydroxyl groups excluding tert-OH is 1. The lowest BCUT2D eigenvalue weighted by molar-refractivity contribution is 0.176. The Hall–Kier alpha value is -3.77. The van der Waals surface area contributed by atoms with E-state index in [1.807, 2.05) is 6.07 Å². The van der Waals surface area contributed by atoms with Crippen LogP contribution in [0.2, 0.25) is 0 Å². The summed E-state index contributed by atoms with van der Waals surface area (Å²) >= 11 is 2.06. The molecule has 4 rings (SSSR count). The highest BCUT2D eigenvalue weighted by atomic mass is 127. The van der Waals surface area contributed by atoms with Crippen molar-refractivity contribution in [3.63, 3.8) is 0 Å². The molecule has 0 aliphatic heterocycles. The number of nitriles is 1.